The van der Waals surface area contributed by atoms with Crippen molar-refractivity contribution in [2.75, 3.05) is 12.0 Å². The van der Waals surface area contributed by atoms with Crippen LogP contribution >= 0.6 is 0 Å². The Labute approximate surface area is 168 Å². The zero-order chi connectivity index (χ0) is 19.8. The summed E-state index contributed by atoms with van der Waals surface area (Å²) in [5.74, 6) is 0.662. The van der Waals surface area contributed by atoms with E-state index in [2.05, 4.69) is 10.2 Å². The molecule has 0 radical (unpaired) electrons. The number of benzene rings is 3. The van der Waals surface area contributed by atoms with Crippen molar-refractivity contribution in [1.82, 2.24) is 10.2 Å². The van der Waals surface area contributed by atoms with Gasteiger partial charge in [0.1, 0.15) is 11.4 Å². The second-order valence-corrected chi connectivity index (χ2v) is 6.92. The van der Waals surface area contributed by atoms with E-state index < -0.39 is 0 Å². The summed E-state index contributed by atoms with van der Waals surface area (Å²) in [5.41, 5.74) is 4.99. The van der Waals surface area contributed by atoms with E-state index in [-0.39, 0.29) is 11.9 Å². The SMILES string of the molecule is COc1cccc(C2c3c(-c4ccccc4)n[nH]c3C(=O)N2c2ccccc2)c1. The van der Waals surface area contributed by atoms with Gasteiger partial charge in [0.25, 0.3) is 5.91 Å². The molecule has 1 atom stereocenters. The number of H-pyrrole nitrogens is 1. The fourth-order valence-corrected chi connectivity index (χ4v) is 3.95. The quantitative estimate of drug-likeness (QED) is 0.551. The van der Waals surface area contributed by atoms with Gasteiger partial charge in [0.15, 0.2) is 0 Å². The standard InChI is InChI=1S/C24H19N3O2/c1-29-19-14-8-11-17(15-19)23-20-21(16-9-4-2-5-10-16)25-26-22(20)24(28)27(23)18-12-6-3-7-13-18/h2-15,23H,1H3,(H,25,26). The fraction of sp³-hybridized carbons (Fsp3) is 0.0833. The van der Waals surface area contributed by atoms with Gasteiger partial charge in [-0.3, -0.25) is 14.8 Å². The molecule has 142 valence electrons. The van der Waals surface area contributed by atoms with Crippen LogP contribution in [0.5, 0.6) is 5.75 Å². The van der Waals surface area contributed by atoms with Crippen molar-refractivity contribution in [3.63, 3.8) is 0 Å². The molecule has 1 unspecified atom stereocenters. The largest absolute Gasteiger partial charge is 0.497 e. The molecule has 5 nitrogen and oxygen atoms in total. The zero-order valence-electron chi connectivity index (χ0n) is 15.9. The maximum atomic E-state index is 13.4. The number of nitrogens with one attached hydrogen (secondary N) is 1. The van der Waals surface area contributed by atoms with Crippen molar-refractivity contribution in [2.24, 2.45) is 0 Å². The molecule has 0 aliphatic carbocycles. The molecule has 5 rings (SSSR count). The Balaban J connectivity index is 1.74. The van der Waals surface area contributed by atoms with E-state index >= 15 is 0 Å². The molecule has 3 aromatic carbocycles. The summed E-state index contributed by atoms with van der Waals surface area (Å²) in [6.07, 6.45) is 0. The zero-order valence-corrected chi connectivity index (χ0v) is 15.9. The van der Waals surface area contributed by atoms with Crippen LogP contribution in [0, 0.1) is 0 Å². The fourth-order valence-electron chi connectivity index (χ4n) is 3.95. The van der Waals surface area contributed by atoms with Crippen LogP contribution in [0.3, 0.4) is 0 Å². The van der Waals surface area contributed by atoms with E-state index in [1.807, 2.05) is 89.8 Å². The Morgan fingerprint density at radius 3 is 2.38 bits per heavy atom. The number of carbonyl (C=O) groups excluding carboxylic acids is 1. The van der Waals surface area contributed by atoms with Crippen LogP contribution in [-0.2, 0) is 0 Å². The molecule has 1 N–H and O–H groups in total. The van der Waals surface area contributed by atoms with Crippen molar-refractivity contribution in [1.29, 1.82) is 0 Å². The van der Waals surface area contributed by atoms with Crippen molar-refractivity contribution >= 4 is 11.6 Å². The third-order valence-corrected chi connectivity index (χ3v) is 5.26. The smallest absolute Gasteiger partial charge is 0.277 e. The van der Waals surface area contributed by atoms with Crippen molar-refractivity contribution in [2.45, 2.75) is 6.04 Å². The number of hydrogen-bond acceptors (Lipinski definition) is 3. The van der Waals surface area contributed by atoms with Gasteiger partial charge in [0, 0.05) is 16.8 Å². The van der Waals surface area contributed by atoms with E-state index in [1.165, 1.54) is 0 Å². The molecule has 4 aromatic rings. The number of para-hydroxylation sites is 1. The minimum Gasteiger partial charge on any atom is -0.497 e. The van der Waals surface area contributed by atoms with Crippen LogP contribution in [0.4, 0.5) is 5.69 Å². The first kappa shape index (κ1) is 17.3. The minimum atomic E-state index is -0.302. The van der Waals surface area contributed by atoms with Crippen molar-refractivity contribution in [3.05, 3.63) is 102 Å². The predicted octanol–water partition coefficient (Wildman–Crippen LogP) is 4.84. The monoisotopic (exact) mass is 381 g/mol. The lowest BCUT2D eigenvalue weighted by molar-refractivity contribution is 0.0988. The summed E-state index contributed by atoms with van der Waals surface area (Å²) < 4.78 is 5.44. The van der Waals surface area contributed by atoms with Gasteiger partial charge in [-0.1, -0.05) is 60.7 Å². The Hall–Kier alpha value is -3.86. The number of rotatable bonds is 4. The van der Waals surface area contributed by atoms with Gasteiger partial charge in [-0.05, 0) is 29.8 Å². The summed E-state index contributed by atoms with van der Waals surface area (Å²) in [4.78, 5) is 15.2. The number of methoxy groups -OCH3 is 1. The Morgan fingerprint density at radius 2 is 1.66 bits per heavy atom. The normalized spacial score (nSPS) is 15.4. The lowest BCUT2D eigenvalue weighted by Crippen LogP contribution is -2.29. The van der Waals surface area contributed by atoms with Gasteiger partial charge in [-0.25, -0.2) is 0 Å². The number of ether oxygens (including phenoxy) is 1. The number of anilines is 1. The molecule has 1 aromatic heterocycles. The predicted molar refractivity (Wildman–Crippen MR) is 112 cm³/mol. The van der Waals surface area contributed by atoms with Crippen LogP contribution in [-0.4, -0.2) is 23.2 Å². The molecule has 1 aliphatic heterocycles. The highest BCUT2D eigenvalue weighted by Gasteiger charge is 2.43. The highest BCUT2D eigenvalue weighted by molar-refractivity contribution is 6.11. The van der Waals surface area contributed by atoms with Gasteiger partial charge in [0.2, 0.25) is 0 Å². The third-order valence-electron chi connectivity index (χ3n) is 5.26. The molecule has 0 spiro atoms. The van der Waals surface area contributed by atoms with Crippen molar-refractivity contribution < 1.29 is 9.53 Å². The summed E-state index contributed by atoms with van der Waals surface area (Å²) in [5, 5.41) is 7.49. The van der Waals surface area contributed by atoms with Crippen LogP contribution in [0.25, 0.3) is 11.3 Å². The number of hydrogen-bond donors (Lipinski definition) is 1. The van der Waals surface area contributed by atoms with Gasteiger partial charge >= 0.3 is 0 Å². The molecular weight excluding hydrogens is 362 g/mol. The highest BCUT2D eigenvalue weighted by Crippen LogP contribution is 2.45. The third kappa shape index (κ3) is 2.79. The maximum Gasteiger partial charge on any atom is 0.277 e. The van der Waals surface area contributed by atoms with E-state index in [1.54, 1.807) is 7.11 Å². The van der Waals surface area contributed by atoms with Crippen LogP contribution in [0.15, 0.2) is 84.9 Å². The number of fused-ring (bicyclic) bond motifs is 1. The number of aromatic amines is 1. The minimum absolute atomic E-state index is 0.0892. The second-order valence-electron chi connectivity index (χ2n) is 6.92. The molecule has 29 heavy (non-hydrogen) atoms. The van der Waals surface area contributed by atoms with Crippen LogP contribution in [0.1, 0.15) is 27.7 Å². The summed E-state index contributed by atoms with van der Waals surface area (Å²) in [6, 6.07) is 27.2. The maximum absolute atomic E-state index is 13.4. The molecule has 1 amide bonds. The van der Waals surface area contributed by atoms with Gasteiger partial charge in [-0.2, -0.15) is 5.10 Å². The first-order valence-corrected chi connectivity index (χ1v) is 9.44. The highest BCUT2D eigenvalue weighted by atomic mass is 16.5. The Bertz CT molecular complexity index is 1170. The topological polar surface area (TPSA) is 58.2 Å². The van der Waals surface area contributed by atoms with E-state index in [0.29, 0.717) is 5.69 Å². The van der Waals surface area contributed by atoms with E-state index in [0.717, 1.165) is 33.8 Å². The van der Waals surface area contributed by atoms with E-state index in [9.17, 15) is 4.79 Å². The number of amides is 1. The molecule has 0 fully saturated rings. The average molecular weight is 381 g/mol. The summed E-state index contributed by atoms with van der Waals surface area (Å²) in [6.45, 7) is 0. The molecule has 0 saturated carbocycles. The van der Waals surface area contributed by atoms with Crippen LogP contribution in [0.2, 0.25) is 0 Å². The average Bonchev–Trinajstić information content (AvgIpc) is 3.34. The molecular formula is C24H19N3O2. The van der Waals surface area contributed by atoms with E-state index in [4.69, 9.17) is 4.74 Å². The molecule has 0 saturated heterocycles. The molecule has 2 heterocycles. The van der Waals surface area contributed by atoms with Crippen molar-refractivity contribution in [3.8, 4) is 17.0 Å². The van der Waals surface area contributed by atoms with Crippen LogP contribution < -0.4 is 9.64 Å². The molecule has 0 bridgehead atoms. The lowest BCUT2D eigenvalue weighted by Gasteiger charge is -2.26. The first-order valence-electron chi connectivity index (χ1n) is 9.44. The second kappa shape index (κ2) is 6.95. The van der Waals surface area contributed by atoms with Gasteiger partial charge < -0.3 is 4.74 Å². The number of nitrogens with zero attached hydrogens (tertiary/aromatic N) is 2. The van der Waals surface area contributed by atoms with Gasteiger partial charge in [0.05, 0.1) is 18.8 Å². The Kier molecular flexibility index (Phi) is 4.13. The summed E-state index contributed by atoms with van der Waals surface area (Å²) in [7, 11) is 1.65. The summed E-state index contributed by atoms with van der Waals surface area (Å²) >= 11 is 0. The first-order chi connectivity index (χ1) is 14.3. The molecule has 1 aliphatic rings. The lowest BCUT2D eigenvalue weighted by atomic mass is 9.95. The number of carbonyl (C=O) groups is 1. The number of aromatic nitrogens is 2. The molecule has 5 heteroatoms. The Morgan fingerprint density at radius 1 is 0.931 bits per heavy atom. The van der Waals surface area contributed by atoms with Gasteiger partial charge in [-0.15, -0.1) is 0 Å².